The zero-order valence-corrected chi connectivity index (χ0v) is 21.8. The van der Waals surface area contributed by atoms with Crippen molar-refractivity contribution >= 4 is 29.7 Å². The summed E-state index contributed by atoms with van der Waals surface area (Å²) in [6.45, 7) is 7.37. The number of carboxylic acids is 1. The number of hydrogen-bond acceptors (Lipinski definition) is 5. The lowest BCUT2D eigenvalue weighted by molar-refractivity contribution is -0.138. The molecule has 3 saturated carbocycles. The van der Waals surface area contributed by atoms with Gasteiger partial charge in [-0.25, -0.2) is 9.59 Å². The first kappa shape index (κ1) is 27.1. The van der Waals surface area contributed by atoms with Crippen molar-refractivity contribution in [2.75, 3.05) is 18.1 Å². The van der Waals surface area contributed by atoms with E-state index >= 15 is 0 Å². The van der Waals surface area contributed by atoms with Crippen LogP contribution in [-0.4, -0.2) is 59.2 Å². The Morgan fingerprint density at radius 1 is 1.06 bits per heavy atom. The minimum atomic E-state index is -1.09. The molecule has 5 atom stereocenters. The first-order chi connectivity index (χ1) is 16.1. The Labute approximate surface area is 208 Å². The number of carbonyl (C=O) groups is 3. The zero-order chi connectivity index (χ0) is 24.9. The lowest BCUT2D eigenvalue weighted by atomic mass is 9.69. The van der Waals surface area contributed by atoms with Crippen molar-refractivity contribution < 1.29 is 19.5 Å². The Hall–Kier alpha value is -1.48. The molecule has 6 N–H and O–H groups in total. The normalized spacial score (nSPS) is 29.9. The number of fused-ring (bicyclic) bond motifs is 2. The fraction of sp³-hybridized carbons (Fsp3) is 0.880. The fourth-order valence-corrected chi connectivity index (χ4v) is 7.29. The summed E-state index contributed by atoms with van der Waals surface area (Å²) in [5.41, 5.74) is 5.72. The van der Waals surface area contributed by atoms with Crippen molar-refractivity contribution in [1.29, 1.82) is 0 Å². The molecule has 8 nitrogen and oxygen atoms in total. The van der Waals surface area contributed by atoms with Gasteiger partial charge in [0, 0.05) is 24.1 Å². The molecule has 0 heterocycles. The van der Waals surface area contributed by atoms with Gasteiger partial charge in [-0.2, -0.15) is 11.8 Å². The number of nitrogens with one attached hydrogen (secondary N) is 3. The molecule has 2 bridgehead atoms. The topological polar surface area (TPSA) is 134 Å². The maximum Gasteiger partial charge on any atom is 0.327 e. The lowest BCUT2D eigenvalue weighted by Crippen LogP contribution is -2.57. The third-order valence-electron chi connectivity index (χ3n) is 9.18. The summed E-state index contributed by atoms with van der Waals surface area (Å²) in [6, 6.07) is -2.19. The summed E-state index contributed by atoms with van der Waals surface area (Å²) in [6.07, 6.45) is 9.56. The molecule has 194 valence electrons. The molecule has 0 radical (unpaired) electrons. The summed E-state index contributed by atoms with van der Waals surface area (Å²) in [7, 11) is 0. The molecule has 9 heteroatoms. The van der Waals surface area contributed by atoms with E-state index in [1.807, 2.05) is 0 Å². The molecular weight excluding hydrogens is 452 g/mol. The number of carbonyl (C=O) groups excluding carboxylic acids is 2. The minimum Gasteiger partial charge on any atom is -0.480 e. The van der Waals surface area contributed by atoms with E-state index in [4.69, 9.17) is 5.73 Å². The van der Waals surface area contributed by atoms with Gasteiger partial charge in [0.15, 0.2) is 0 Å². The van der Waals surface area contributed by atoms with Gasteiger partial charge >= 0.3 is 12.0 Å². The molecule has 0 aromatic carbocycles. The number of urea groups is 1. The molecule has 0 aliphatic heterocycles. The van der Waals surface area contributed by atoms with Crippen LogP contribution in [0, 0.1) is 22.7 Å². The molecule has 0 unspecified atom stereocenters. The first-order valence-electron chi connectivity index (χ1n) is 13.0. The van der Waals surface area contributed by atoms with E-state index in [1.54, 1.807) is 0 Å². The van der Waals surface area contributed by atoms with E-state index in [2.05, 4.69) is 36.7 Å². The van der Waals surface area contributed by atoms with Gasteiger partial charge < -0.3 is 26.8 Å². The van der Waals surface area contributed by atoms with Crippen LogP contribution < -0.4 is 21.7 Å². The third kappa shape index (κ3) is 6.01. The highest BCUT2D eigenvalue weighted by Crippen LogP contribution is 2.65. The average Bonchev–Trinajstić information content (AvgIpc) is 3.12. The van der Waals surface area contributed by atoms with Crippen LogP contribution in [0.15, 0.2) is 0 Å². The summed E-state index contributed by atoms with van der Waals surface area (Å²) in [4.78, 5) is 37.9. The smallest absolute Gasteiger partial charge is 0.327 e. The van der Waals surface area contributed by atoms with Crippen LogP contribution in [0.5, 0.6) is 0 Å². The highest BCUT2D eigenvalue weighted by atomic mass is 32.2. The van der Waals surface area contributed by atoms with Crippen molar-refractivity contribution in [3.63, 3.8) is 0 Å². The van der Waals surface area contributed by atoms with E-state index in [0.29, 0.717) is 30.6 Å². The van der Waals surface area contributed by atoms with Crippen molar-refractivity contribution in [3.05, 3.63) is 0 Å². The maximum absolute atomic E-state index is 13.5. The molecule has 0 saturated heterocycles. The number of carboxylic acid groups (broad SMARTS) is 1. The molecule has 3 aliphatic carbocycles. The van der Waals surface area contributed by atoms with Gasteiger partial charge in [-0.1, -0.05) is 52.9 Å². The van der Waals surface area contributed by atoms with Gasteiger partial charge in [0.2, 0.25) is 5.91 Å². The van der Waals surface area contributed by atoms with Gasteiger partial charge in [0.1, 0.15) is 12.1 Å². The number of amides is 3. The van der Waals surface area contributed by atoms with Gasteiger partial charge in [-0.05, 0) is 48.3 Å². The van der Waals surface area contributed by atoms with E-state index in [1.165, 1.54) is 24.6 Å². The van der Waals surface area contributed by atoms with Crippen molar-refractivity contribution in [2.24, 2.45) is 28.4 Å². The van der Waals surface area contributed by atoms with E-state index < -0.39 is 24.1 Å². The molecular formula is C25H44N4O4S. The van der Waals surface area contributed by atoms with Crippen LogP contribution in [0.3, 0.4) is 0 Å². The second kappa shape index (κ2) is 11.5. The lowest BCUT2D eigenvalue weighted by Gasteiger charge is -2.40. The first-order valence-corrected chi connectivity index (χ1v) is 14.1. The van der Waals surface area contributed by atoms with Gasteiger partial charge in [0.05, 0.1) is 0 Å². The average molecular weight is 497 g/mol. The highest BCUT2D eigenvalue weighted by molar-refractivity contribution is 7.99. The summed E-state index contributed by atoms with van der Waals surface area (Å²) in [5.74, 6) is 0.628. The predicted molar refractivity (Wildman–Crippen MR) is 136 cm³/mol. The van der Waals surface area contributed by atoms with Crippen molar-refractivity contribution in [2.45, 2.75) is 96.7 Å². The summed E-state index contributed by atoms with van der Waals surface area (Å²) < 4.78 is 0. The standard InChI is InChI=1S/C25H44N4O4S/c1-24(2)17-9-10-25(24,3)20(14-17)29-21(30)18(13-16-7-5-4-6-8-16)27-23(33)28-19(22(31)32)15-34-12-11-26/h16-20H,4-15,26H2,1-3H3,(H,29,30)(H,31,32)(H2,27,28,33)/t17-,18-,19+,20+,25+/m1/s1. The largest absolute Gasteiger partial charge is 0.480 e. The van der Waals surface area contributed by atoms with Crippen molar-refractivity contribution in [1.82, 2.24) is 16.0 Å². The van der Waals surface area contributed by atoms with E-state index in [9.17, 15) is 19.5 Å². The van der Waals surface area contributed by atoms with Crippen LogP contribution in [-0.2, 0) is 9.59 Å². The molecule has 3 fully saturated rings. The molecule has 0 spiro atoms. The number of thioether (sulfide) groups is 1. The predicted octanol–water partition coefficient (Wildman–Crippen LogP) is 3.10. The quantitative estimate of drug-likeness (QED) is 0.279. The Morgan fingerprint density at radius 3 is 2.29 bits per heavy atom. The molecule has 34 heavy (non-hydrogen) atoms. The number of rotatable bonds is 11. The molecule has 0 aromatic rings. The number of aliphatic carboxylic acids is 1. The Bertz CT molecular complexity index is 742. The SMILES string of the molecule is CC1(C)[C@@H]2CC[C@@]1(C)[C@@H](NC(=O)[C@@H](CC1CCCCC1)NC(=O)N[C@@H](CSCCN)C(=O)O)C2. The molecule has 3 amide bonds. The summed E-state index contributed by atoms with van der Waals surface area (Å²) >= 11 is 1.39. The van der Waals surface area contributed by atoms with E-state index in [0.717, 1.165) is 38.5 Å². The van der Waals surface area contributed by atoms with Gasteiger partial charge in [0.25, 0.3) is 0 Å². The Morgan fingerprint density at radius 2 is 1.74 bits per heavy atom. The van der Waals surface area contributed by atoms with Crippen LogP contribution in [0.1, 0.15) is 78.6 Å². The number of nitrogens with two attached hydrogens (primary N) is 1. The molecule has 3 rings (SSSR count). The Balaban J connectivity index is 1.65. The monoisotopic (exact) mass is 496 g/mol. The van der Waals surface area contributed by atoms with Gasteiger partial charge in [-0.15, -0.1) is 0 Å². The van der Waals surface area contributed by atoms with Crippen LogP contribution in [0.2, 0.25) is 0 Å². The van der Waals surface area contributed by atoms with Crippen LogP contribution in [0.25, 0.3) is 0 Å². The highest BCUT2D eigenvalue weighted by Gasteiger charge is 2.61. The van der Waals surface area contributed by atoms with Gasteiger partial charge in [-0.3, -0.25) is 4.79 Å². The molecule has 3 aliphatic rings. The van der Waals surface area contributed by atoms with Crippen LogP contribution in [0.4, 0.5) is 4.79 Å². The summed E-state index contributed by atoms with van der Waals surface area (Å²) in [5, 5.41) is 18.2. The minimum absolute atomic E-state index is 0.0552. The zero-order valence-electron chi connectivity index (χ0n) is 21.0. The van der Waals surface area contributed by atoms with Crippen molar-refractivity contribution in [3.8, 4) is 0 Å². The fourth-order valence-electron chi connectivity index (χ4n) is 6.50. The second-order valence-electron chi connectivity index (χ2n) is 11.3. The Kier molecular flexibility index (Phi) is 9.17. The number of hydrogen-bond donors (Lipinski definition) is 5. The van der Waals surface area contributed by atoms with Crippen LogP contribution >= 0.6 is 11.8 Å². The second-order valence-corrected chi connectivity index (χ2v) is 12.5. The third-order valence-corrected chi connectivity index (χ3v) is 10.3. The van der Waals surface area contributed by atoms with E-state index in [-0.39, 0.29) is 28.5 Å². The maximum atomic E-state index is 13.5. The molecule has 0 aromatic heterocycles.